The number of nitro benzene ring substituents is 1. The Morgan fingerprint density at radius 3 is 2.20 bits per heavy atom. The second-order valence-electron chi connectivity index (χ2n) is 3.87. The summed E-state index contributed by atoms with van der Waals surface area (Å²) in [4.78, 5) is 10.5. The van der Waals surface area contributed by atoms with Gasteiger partial charge in [0.25, 0.3) is 5.69 Å². The maximum atomic E-state index is 10.9. The number of benzene rings is 2. The minimum Gasteiger partial charge on any atom is -0.371 e. The van der Waals surface area contributed by atoms with Crippen molar-refractivity contribution in [3.8, 4) is 16.9 Å². The van der Waals surface area contributed by atoms with Gasteiger partial charge >= 0.3 is 10.3 Å². The first kappa shape index (κ1) is 14.0. The molecule has 20 heavy (non-hydrogen) atoms. The first-order valence-electron chi connectivity index (χ1n) is 5.43. The van der Waals surface area contributed by atoms with Crippen LogP contribution in [-0.2, 0) is 10.3 Å². The van der Waals surface area contributed by atoms with E-state index in [9.17, 15) is 18.5 Å². The number of hydrogen-bond donors (Lipinski definition) is 1. The Bertz CT molecular complexity index is 741. The van der Waals surface area contributed by atoms with Crippen LogP contribution in [0.5, 0.6) is 5.75 Å². The molecule has 2 aromatic rings. The minimum absolute atomic E-state index is 0.0346. The highest BCUT2D eigenvalue weighted by molar-refractivity contribution is 7.84. The molecule has 8 heteroatoms. The second kappa shape index (κ2) is 5.27. The average molecular weight is 294 g/mol. The van der Waals surface area contributed by atoms with Gasteiger partial charge in [0.15, 0.2) is 0 Å². The number of hydrogen-bond acceptors (Lipinski definition) is 5. The van der Waals surface area contributed by atoms with Gasteiger partial charge in [0.2, 0.25) is 0 Å². The largest absolute Gasteiger partial charge is 0.380 e. The summed E-state index contributed by atoms with van der Waals surface area (Å²) < 4.78 is 26.0. The van der Waals surface area contributed by atoms with E-state index in [0.717, 1.165) is 0 Å². The molecular weight excluding hydrogens is 284 g/mol. The van der Waals surface area contributed by atoms with Gasteiger partial charge in [-0.15, -0.1) is 0 Å². The summed E-state index contributed by atoms with van der Waals surface area (Å²) in [5, 5.41) is 15.7. The zero-order valence-corrected chi connectivity index (χ0v) is 10.9. The van der Waals surface area contributed by atoms with Gasteiger partial charge in [0, 0.05) is 6.07 Å². The summed E-state index contributed by atoms with van der Waals surface area (Å²) in [6, 6.07) is 12.0. The van der Waals surface area contributed by atoms with Crippen LogP contribution >= 0.6 is 0 Å². The molecule has 0 aromatic heterocycles. The molecule has 0 heterocycles. The lowest BCUT2D eigenvalue weighted by Crippen LogP contribution is -2.18. The van der Waals surface area contributed by atoms with E-state index in [2.05, 4.69) is 4.18 Å². The summed E-state index contributed by atoms with van der Waals surface area (Å²) in [6.07, 6.45) is 0. The summed E-state index contributed by atoms with van der Waals surface area (Å²) in [7, 11) is -4.08. The van der Waals surface area contributed by atoms with Gasteiger partial charge in [-0.2, -0.15) is 13.6 Å². The van der Waals surface area contributed by atoms with Crippen molar-refractivity contribution in [1.82, 2.24) is 0 Å². The highest BCUT2D eigenvalue weighted by Crippen LogP contribution is 2.30. The third-order valence-corrected chi connectivity index (χ3v) is 2.90. The molecular formula is C12H10N2O5S. The highest BCUT2D eigenvalue weighted by Gasteiger charge is 2.14. The Balaban J connectivity index is 2.38. The van der Waals surface area contributed by atoms with Crippen LogP contribution in [0.4, 0.5) is 5.69 Å². The number of nitrogens with zero attached hydrogens (tertiary/aromatic N) is 1. The maximum Gasteiger partial charge on any atom is 0.380 e. The monoisotopic (exact) mass is 294 g/mol. The molecule has 0 fully saturated rings. The molecule has 0 aliphatic rings. The van der Waals surface area contributed by atoms with Gasteiger partial charge in [-0.3, -0.25) is 10.1 Å². The summed E-state index contributed by atoms with van der Waals surface area (Å²) in [5.74, 6) is 0.0369. The number of rotatable bonds is 4. The zero-order chi connectivity index (χ0) is 14.8. The minimum atomic E-state index is -4.08. The van der Waals surface area contributed by atoms with Gasteiger partial charge < -0.3 is 4.18 Å². The SMILES string of the molecule is NS(=O)(=O)Oc1ccc(-c2ccccc2[N+](=O)[O-])cc1. The molecule has 0 amide bonds. The van der Waals surface area contributed by atoms with Crippen molar-refractivity contribution in [3.05, 3.63) is 58.6 Å². The molecule has 104 valence electrons. The predicted molar refractivity (Wildman–Crippen MR) is 72.3 cm³/mol. The lowest BCUT2D eigenvalue weighted by atomic mass is 10.0. The van der Waals surface area contributed by atoms with E-state index in [1.54, 1.807) is 18.2 Å². The van der Waals surface area contributed by atoms with E-state index < -0.39 is 15.2 Å². The molecule has 0 aliphatic carbocycles. The van der Waals surface area contributed by atoms with E-state index in [4.69, 9.17) is 5.14 Å². The third kappa shape index (κ3) is 3.31. The van der Waals surface area contributed by atoms with Gasteiger partial charge in [-0.1, -0.05) is 24.3 Å². The van der Waals surface area contributed by atoms with Crippen LogP contribution in [0.2, 0.25) is 0 Å². The van der Waals surface area contributed by atoms with E-state index in [1.807, 2.05) is 0 Å². The van der Waals surface area contributed by atoms with Crippen LogP contribution in [0.1, 0.15) is 0 Å². The van der Waals surface area contributed by atoms with Gasteiger partial charge in [-0.05, 0) is 23.8 Å². The molecule has 0 unspecified atom stereocenters. The van der Waals surface area contributed by atoms with Gasteiger partial charge in [-0.25, -0.2) is 0 Å². The normalized spacial score (nSPS) is 11.1. The predicted octanol–water partition coefficient (Wildman–Crippen LogP) is 1.84. The Labute approximate surface area is 115 Å². The van der Waals surface area contributed by atoms with Crippen LogP contribution in [0.25, 0.3) is 11.1 Å². The number of para-hydroxylation sites is 1. The second-order valence-corrected chi connectivity index (χ2v) is 5.03. The van der Waals surface area contributed by atoms with Crippen molar-refractivity contribution in [3.63, 3.8) is 0 Å². The van der Waals surface area contributed by atoms with Crippen LogP contribution < -0.4 is 9.32 Å². The van der Waals surface area contributed by atoms with Crippen LogP contribution in [0.15, 0.2) is 48.5 Å². The fourth-order valence-corrected chi connectivity index (χ4v) is 2.08. The van der Waals surface area contributed by atoms with Crippen LogP contribution in [0.3, 0.4) is 0 Å². The standard InChI is InChI=1S/C12H10N2O5S/c13-20(17,18)19-10-7-5-9(6-8-10)11-3-1-2-4-12(11)14(15)16/h1-8H,(H2,13,17,18). The Kier molecular flexibility index (Phi) is 3.68. The molecule has 0 spiro atoms. The maximum absolute atomic E-state index is 10.9. The lowest BCUT2D eigenvalue weighted by molar-refractivity contribution is -0.384. The molecule has 2 aromatic carbocycles. The quantitative estimate of drug-likeness (QED) is 0.683. The topological polar surface area (TPSA) is 113 Å². The van der Waals surface area contributed by atoms with Crippen molar-refractivity contribution < 1.29 is 17.5 Å². The molecule has 2 rings (SSSR count). The van der Waals surface area contributed by atoms with Crippen molar-refractivity contribution in [2.75, 3.05) is 0 Å². The molecule has 0 aliphatic heterocycles. The molecule has 0 saturated carbocycles. The van der Waals surface area contributed by atoms with Crippen molar-refractivity contribution in [2.45, 2.75) is 0 Å². The molecule has 0 radical (unpaired) electrons. The molecule has 0 bridgehead atoms. The summed E-state index contributed by atoms with van der Waals surface area (Å²) >= 11 is 0. The molecule has 0 saturated heterocycles. The first-order valence-corrected chi connectivity index (χ1v) is 6.90. The highest BCUT2D eigenvalue weighted by atomic mass is 32.2. The average Bonchev–Trinajstić information content (AvgIpc) is 2.38. The first-order chi connectivity index (χ1) is 9.37. The molecule has 0 atom stereocenters. The summed E-state index contributed by atoms with van der Waals surface area (Å²) in [6.45, 7) is 0. The van der Waals surface area contributed by atoms with Crippen molar-refractivity contribution in [2.24, 2.45) is 5.14 Å². The van der Waals surface area contributed by atoms with E-state index in [-0.39, 0.29) is 11.4 Å². The third-order valence-electron chi connectivity index (χ3n) is 2.48. The summed E-state index contributed by atoms with van der Waals surface area (Å²) in [5.41, 5.74) is 0.964. The van der Waals surface area contributed by atoms with E-state index in [0.29, 0.717) is 11.1 Å². The number of nitro groups is 1. The van der Waals surface area contributed by atoms with Crippen molar-refractivity contribution in [1.29, 1.82) is 0 Å². The van der Waals surface area contributed by atoms with E-state index in [1.165, 1.54) is 30.3 Å². The fraction of sp³-hybridized carbons (Fsp3) is 0. The van der Waals surface area contributed by atoms with Crippen LogP contribution in [0, 0.1) is 10.1 Å². The fourth-order valence-electron chi connectivity index (χ4n) is 1.70. The smallest absolute Gasteiger partial charge is 0.371 e. The lowest BCUT2D eigenvalue weighted by Gasteiger charge is -2.05. The Morgan fingerprint density at radius 2 is 1.65 bits per heavy atom. The van der Waals surface area contributed by atoms with Gasteiger partial charge in [0.1, 0.15) is 5.75 Å². The zero-order valence-electron chi connectivity index (χ0n) is 10.1. The molecule has 2 N–H and O–H groups in total. The van der Waals surface area contributed by atoms with Crippen molar-refractivity contribution >= 4 is 16.0 Å². The van der Waals surface area contributed by atoms with Gasteiger partial charge in [0.05, 0.1) is 10.5 Å². The number of nitrogens with two attached hydrogens (primary N) is 1. The Hall–Kier alpha value is -2.45. The van der Waals surface area contributed by atoms with Crippen LogP contribution in [-0.4, -0.2) is 13.3 Å². The van der Waals surface area contributed by atoms with E-state index >= 15 is 0 Å². The molecule has 7 nitrogen and oxygen atoms in total. The Morgan fingerprint density at radius 1 is 1.05 bits per heavy atom.